The average molecular weight is 626 g/mol. The molecule has 0 unspecified atom stereocenters. The average Bonchev–Trinajstić information content (AvgIpc) is 3.00. The Morgan fingerprint density at radius 1 is 0.881 bits per heavy atom. The van der Waals surface area contributed by atoms with Crippen molar-refractivity contribution in [1.29, 1.82) is 0 Å². The summed E-state index contributed by atoms with van der Waals surface area (Å²) < 4.78 is 22.0. The smallest absolute Gasteiger partial charge is 0.315 e. The molecule has 0 saturated carbocycles. The van der Waals surface area contributed by atoms with Crippen molar-refractivity contribution in [1.82, 2.24) is 20.9 Å². The van der Waals surface area contributed by atoms with E-state index in [-0.39, 0.29) is 18.0 Å². The lowest BCUT2D eigenvalue weighted by molar-refractivity contribution is -0.0287. The number of nitrogens with one attached hydrogen (secondary N) is 3. The van der Waals surface area contributed by atoms with Crippen molar-refractivity contribution in [2.45, 2.75) is 32.5 Å². The van der Waals surface area contributed by atoms with Crippen molar-refractivity contribution in [3.63, 3.8) is 0 Å². The van der Waals surface area contributed by atoms with Gasteiger partial charge in [-0.15, -0.1) is 0 Å². The molecule has 3 N–H and O–H groups in total. The first-order valence-electron chi connectivity index (χ1n) is 14.3. The summed E-state index contributed by atoms with van der Waals surface area (Å²) in [6, 6.07) is 12.5. The van der Waals surface area contributed by atoms with Crippen LogP contribution in [0.3, 0.4) is 0 Å². The Morgan fingerprint density at radius 2 is 1.57 bits per heavy atom. The van der Waals surface area contributed by atoms with E-state index in [1.165, 1.54) is 0 Å². The molecule has 232 valence electrons. The minimum atomic E-state index is -0.280. The Kier molecular flexibility index (Phi) is 16.0. The number of ether oxygens (including phenoxy) is 4. The molecule has 0 spiro atoms. The predicted octanol–water partition coefficient (Wildman–Crippen LogP) is 3.88. The summed E-state index contributed by atoms with van der Waals surface area (Å²) in [6.07, 6.45) is 0.885. The predicted molar refractivity (Wildman–Crippen MR) is 163 cm³/mol. The Bertz CT molecular complexity index is 1090. The van der Waals surface area contributed by atoms with Gasteiger partial charge < -0.3 is 34.9 Å². The molecule has 1 fully saturated rings. The van der Waals surface area contributed by atoms with E-state index in [4.69, 9.17) is 42.1 Å². The van der Waals surface area contributed by atoms with Gasteiger partial charge in [0.15, 0.2) is 0 Å². The van der Waals surface area contributed by atoms with Crippen LogP contribution in [0.25, 0.3) is 0 Å². The topological polar surface area (TPSA) is 110 Å². The molecule has 0 radical (unpaired) electrons. The minimum Gasteiger partial charge on any atom is -0.379 e. The molecule has 42 heavy (non-hydrogen) atoms. The van der Waals surface area contributed by atoms with E-state index < -0.39 is 0 Å². The number of nitrogens with zero attached hydrogens (tertiary/aromatic N) is 1. The molecule has 10 nitrogen and oxygen atoms in total. The van der Waals surface area contributed by atoms with Crippen molar-refractivity contribution in [2.24, 2.45) is 0 Å². The number of halogens is 2. The van der Waals surface area contributed by atoms with E-state index >= 15 is 0 Å². The van der Waals surface area contributed by atoms with Crippen molar-refractivity contribution < 1.29 is 28.5 Å². The number of amides is 3. The maximum absolute atomic E-state index is 12.4. The van der Waals surface area contributed by atoms with Gasteiger partial charge in [-0.25, -0.2) is 4.79 Å². The Balaban J connectivity index is 1.25. The molecule has 1 aliphatic heterocycles. The van der Waals surface area contributed by atoms with Crippen molar-refractivity contribution in [3.05, 3.63) is 69.2 Å². The van der Waals surface area contributed by atoms with E-state index in [1.807, 2.05) is 24.3 Å². The highest BCUT2D eigenvalue weighted by molar-refractivity contribution is 6.42. The third kappa shape index (κ3) is 13.2. The summed E-state index contributed by atoms with van der Waals surface area (Å²) >= 11 is 12.1. The van der Waals surface area contributed by atoms with Gasteiger partial charge >= 0.3 is 6.03 Å². The molecule has 2 aromatic rings. The highest BCUT2D eigenvalue weighted by Gasteiger charge is 2.21. The summed E-state index contributed by atoms with van der Waals surface area (Å²) in [5.41, 5.74) is 2.50. The molecule has 0 aromatic heterocycles. The zero-order valence-electron chi connectivity index (χ0n) is 24.2. The largest absolute Gasteiger partial charge is 0.379 e. The zero-order chi connectivity index (χ0) is 30.0. The molecule has 12 heteroatoms. The third-order valence-corrected chi connectivity index (χ3v) is 7.14. The van der Waals surface area contributed by atoms with Crippen molar-refractivity contribution in [2.75, 3.05) is 72.4 Å². The van der Waals surface area contributed by atoms with Crippen LogP contribution in [0, 0.1) is 0 Å². The molecular weight excluding hydrogens is 583 g/mol. The van der Waals surface area contributed by atoms with E-state index in [2.05, 4.69) is 27.8 Å². The number of urea groups is 1. The summed E-state index contributed by atoms with van der Waals surface area (Å²) in [6.45, 7) is 9.26. The summed E-state index contributed by atoms with van der Waals surface area (Å²) in [5.74, 6) is -0.180. The van der Waals surface area contributed by atoms with Crippen molar-refractivity contribution in [3.8, 4) is 0 Å². The minimum absolute atomic E-state index is 0.112. The van der Waals surface area contributed by atoms with Crippen LogP contribution in [0.4, 0.5) is 4.79 Å². The van der Waals surface area contributed by atoms with Gasteiger partial charge in [-0.05, 0) is 41.8 Å². The van der Waals surface area contributed by atoms with Gasteiger partial charge in [-0.1, -0.05) is 48.3 Å². The number of rotatable bonds is 18. The van der Waals surface area contributed by atoms with Crippen LogP contribution < -0.4 is 16.0 Å². The second-order valence-electron chi connectivity index (χ2n) is 9.83. The summed E-state index contributed by atoms with van der Waals surface area (Å²) in [5, 5.41) is 9.63. The summed E-state index contributed by atoms with van der Waals surface area (Å²) in [7, 11) is 0. The first kappa shape index (κ1) is 34.1. The maximum Gasteiger partial charge on any atom is 0.315 e. The number of morpholine rings is 1. The molecule has 1 saturated heterocycles. The van der Waals surface area contributed by atoms with Crippen LogP contribution in [0.2, 0.25) is 10.0 Å². The lowest BCUT2D eigenvalue weighted by atomic mass is 10.1. The van der Waals surface area contributed by atoms with E-state index in [0.717, 1.165) is 37.2 Å². The number of hydrogen-bond acceptors (Lipinski definition) is 7. The lowest BCUT2D eigenvalue weighted by Gasteiger charge is -2.33. The SMILES string of the molecule is CCCOCCOCCOCCNC(=O)c1ccc(CNC(=O)NC[C@H]2CN(Cc3ccc(Cl)c(Cl)c3)CCO2)cc1. The van der Waals surface area contributed by atoms with Gasteiger partial charge in [-0.2, -0.15) is 0 Å². The van der Waals surface area contributed by atoms with Crippen LogP contribution >= 0.6 is 23.2 Å². The lowest BCUT2D eigenvalue weighted by Crippen LogP contribution is -2.48. The fourth-order valence-electron chi connectivity index (χ4n) is 4.19. The van der Waals surface area contributed by atoms with Crippen LogP contribution in [-0.2, 0) is 32.0 Å². The molecular formula is C30H42Cl2N4O6. The van der Waals surface area contributed by atoms with Crippen LogP contribution in [0.15, 0.2) is 42.5 Å². The van der Waals surface area contributed by atoms with Crippen LogP contribution in [0.1, 0.15) is 34.8 Å². The van der Waals surface area contributed by atoms with Gasteiger partial charge in [0.2, 0.25) is 0 Å². The van der Waals surface area contributed by atoms with Gasteiger partial charge in [0.1, 0.15) is 0 Å². The Labute approximate surface area is 258 Å². The molecule has 3 amide bonds. The van der Waals surface area contributed by atoms with Gasteiger partial charge in [0.25, 0.3) is 5.91 Å². The van der Waals surface area contributed by atoms with E-state index in [1.54, 1.807) is 18.2 Å². The highest BCUT2D eigenvalue weighted by atomic mass is 35.5. The van der Waals surface area contributed by atoms with E-state index in [0.29, 0.717) is 81.4 Å². The number of carbonyl (C=O) groups is 2. The fourth-order valence-corrected chi connectivity index (χ4v) is 4.51. The molecule has 0 aliphatic carbocycles. The molecule has 0 bridgehead atoms. The second-order valence-corrected chi connectivity index (χ2v) is 10.6. The van der Waals surface area contributed by atoms with E-state index in [9.17, 15) is 9.59 Å². The monoisotopic (exact) mass is 624 g/mol. The maximum atomic E-state index is 12.4. The number of benzene rings is 2. The van der Waals surface area contributed by atoms with Crippen LogP contribution in [-0.4, -0.2) is 95.4 Å². The molecule has 1 heterocycles. The summed E-state index contributed by atoms with van der Waals surface area (Å²) in [4.78, 5) is 27.0. The molecule has 3 rings (SSSR count). The Morgan fingerprint density at radius 3 is 2.29 bits per heavy atom. The highest BCUT2D eigenvalue weighted by Crippen LogP contribution is 2.23. The molecule has 2 aromatic carbocycles. The van der Waals surface area contributed by atoms with Gasteiger partial charge in [0.05, 0.1) is 55.8 Å². The fraction of sp³-hybridized carbons (Fsp3) is 0.533. The molecule has 1 atom stereocenters. The normalized spacial score (nSPS) is 15.4. The molecule has 1 aliphatic rings. The first-order valence-corrected chi connectivity index (χ1v) is 15.1. The van der Waals surface area contributed by atoms with Gasteiger partial charge in [0, 0.05) is 51.4 Å². The van der Waals surface area contributed by atoms with Gasteiger partial charge in [-0.3, -0.25) is 9.69 Å². The first-order chi connectivity index (χ1) is 20.4. The Hall–Kier alpha value is -2.44. The third-order valence-electron chi connectivity index (χ3n) is 6.40. The van der Waals surface area contributed by atoms with Crippen molar-refractivity contribution >= 4 is 35.1 Å². The quantitative estimate of drug-likeness (QED) is 0.216. The zero-order valence-corrected chi connectivity index (χ0v) is 25.7. The number of hydrogen-bond donors (Lipinski definition) is 3. The second kappa shape index (κ2) is 19.7. The number of carbonyl (C=O) groups excluding carboxylic acids is 2. The van der Waals surface area contributed by atoms with Crippen LogP contribution in [0.5, 0.6) is 0 Å². The standard InChI is InChI=1S/C30H42Cl2N4O6/c1-2-11-39-14-16-41-17-15-40-12-9-33-29(37)25-6-3-23(4-7-25)19-34-30(38)35-20-26-22-36(10-13-42-26)21-24-5-8-27(31)28(32)18-24/h3-8,18,26H,2,9-17,19-22H2,1H3,(H,33,37)(H2,34,35,38)/t26-/m0/s1.